The molecular weight excluding hydrogens is 232 g/mol. The molecule has 0 bridgehead atoms. The lowest BCUT2D eigenvalue weighted by atomic mass is 10.3. The molecule has 4 nitrogen and oxygen atoms in total. The second kappa shape index (κ2) is 6.00. The molecule has 0 aromatic carbocycles. The number of rotatable bonds is 6. The zero-order valence-electron chi connectivity index (χ0n) is 10.3. The highest BCUT2D eigenvalue weighted by Gasteiger charge is 2.25. The van der Waals surface area contributed by atoms with E-state index >= 15 is 0 Å². The van der Waals surface area contributed by atoms with Gasteiger partial charge >= 0.3 is 0 Å². The van der Waals surface area contributed by atoms with Crippen LogP contribution in [-0.2, 0) is 6.54 Å². The number of guanidine groups is 1. The molecule has 0 radical (unpaired) electrons. The number of aliphatic imine (C=N–C) groups is 1. The van der Waals surface area contributed by atoms with Crippen molar-refractivity contribution in [2.45, 2.75) is 45.1 Å². The van der Waals surface area contributed by atoms with Gasteiger partial charge in [-0.3, -0.25) is 0 Å². The first-order valence-corrected chi connectivity index (χ1v) is 7.15. The summed E-state index contributed by atoms with van der Waals surface area (Å²) in [6.45, 7) is 3.66. The Hall–Kier alpha value is -1.10. The van der Waals surface area contributed by atoms with E-state index in [9.17, 15) is 0 Å². The topological polar surface area (TPSA) is 63.3 Å². The molecule has 0 aliphatic heterocycles. The zero-order chi connectivity index (χ0) is 12.1. The van der Waals surface area contributed by atoms with Crippen LogP contribution >= 0.6 is 11.3 Å². The quantitative estimate of drug-likeness (QED) is 0.463. The first-order valence-electron chi connectivity index (χ1n) is 6.27. The molecular formula is C12H20N4S. The summed E-state index contributed by atoms with van der Waals surface area (Å²) in [7, 11) is 0. The highest BCUT2D eigenvalue weighted by Crippen LogP contribution is 2.40. The van der Waals surface area contributed by atoms with Crippen LogP contribution in [0.2, 0.25) is 0 Å². The van der Waals surface area contributed by atoms with Crippen LogP contribution in [0.1, 0.15) is 49.2 Å². The minimum atomic E-state index is 0.529. The van der Waals surface area contributed by atoms with E-state index in [0.717, 1.165) is 30.3 Å². The van der Waals surface area contributed by atoms with E-state index in [1.54, 1.807) is 11.3 Å². The van der Waals surface area contributed by atoms with Gasteiger partial charge in [0, 0.05) is 17.8 Å². The molecule has 94 valence electrons. The minimum absolute atomic E-state index is 0.529. The van der Waals surface area contributed by atoms with E-state index < -0.39 is 0 Å². The van der Waals surface area contributed by atoms with E-state index in [-0.39, 0.29) is 0 Å². The smallest absolute Gasteiger partial charge is 0.189 e. The summed E-state index contributed by atoms with van der Waals surface area (Å²) in [5.74, 6) is 1.26. The maximum absolute atomic E-state index is 5.76. The number of hydrogen-bond donors (Lipinski definition) is 2. The van der Waals surface area contributed by atoms with Crippen LogP contribution in [0.3, 0.4) is 0 Å². The summed E-state index contributed by atoms with van der Waals surface area (Å²) in [5.41, 5.74) is 7.00. The van der Waals surface area contributed by atoms with Crippen LogP contribution in [0.5, 0.6) is 0 Å². The largest absolute Gasteiger partial charge is 0.370 e. The molecule has 0 atom stereocenters. The van der Waals surface area contributed by atoms with Crippen molar-refractivity contribution in [1.82, 2.24) is 10.3 Å². The average Bonchev–Trinajstić information content (AvgIpc) is 3.07. The van der Waals surface area contributed by atoms with Crippen LogP contribution in [0.25, 0.3) is 0 Å². The summed E-state index contributed by atoms with van der Waals surface area (Å²) < 4.78 is 0. The molecule has 2 rings (SSSR count). The molecule has 1 aliphatic carbocycles. The molecule has 1 heterocycles. The average molecular weight is 252 g/mol. The van der Waals surface area contributed by atoms with Gasteiger partial charge in [-0.15, -0.1) is 11.3 Å². The number of unbranched alkanes of at least 4 members (excludes halogenated alkanes) is 1. The molecule has 3 N–H and O–H groups in total. The van der Waals surface area contributed by atoms with E-state index in [1.807, 2.05) is 0 Å². The van der Waals surface area contributed by atoms with Gasteiger partial charge in [0.2, 0.25) is 0 Å². The van der Waals surface area contributed by atoms with Gasteiger partial charge in [-0.25, -0.2) is 9.98 Å². The second-order valence-electron chi connectivity index (χ2n) is 4.42. The van der Waals surface area contributed by atoms with Crippen molar-refractivity contribution in [3.05, 3.63) is 16.1 Å². The third-order valence-electron chi connectivity index (χ3n) is 2.79. The third kappa shape index (κ3) is 4.00. The Labute approximate surface area is 106 Å². The standard InChI is InChI=1S/C12H20N4S/c1-2-3-6-14-12(13)15-7-11-16-10(8-17-11)9-4-5-9/h8-9H,2-7H2,1H3,(H3,13,14,15). The molecule has 17 heavy (non-hydrogen) atoms. The maximum atomic E-state index is 5.76. The van der Waals surface area contributed by atoms with Crippen molar-refractivity contribution in [3.8, 4) is 0 Å². The van der Waals surface area contributed by atoms with E-state index in [1.165, 1.54) is 18.5 Å². The fourth-order valence-corrected chi connectivity index (χ4v) is 2.37. The Morgan fingerprint density at radius 3 is 3.18 bits per heavy atom. The monoisotopic (exact) mass is 252 g/mol. The number of thiazole rings is 1. The lowest BCUT2D eigenvalue weighted by molar-refractivity contribution is 0.748. The Morgan fingerprint density at radius 2 is 2.47 bits per heavy atom. The normalized spacial score (nSPS) is 16.2. The van der Waals surface area contributed by atoms with Gasteiger partial charge in [0.1, 0.15) is 5.01 Å². The van der Waals surface area contributed by atoms with E-state index in [4.69, 9.17) is 5.73 Å². The van der Waals surface area contributed by atoms with Gasteiger partial charge in [0.25, 0.3) is 0 Å². The number of nitrogens with two attached hydrogens (primary N) is 1. The van der Waals surface area contributed by atoms with Gasteiger partial charge in [-0.1, -0.05) is 13.3 Å². The first-order chi connectivity index (χ1) is 8.29. The summed E-state index contributed by atoms with van der Waals surface area (Å²) in [6.07, 6.45) is 4.89. The number of hydrogen-bond acceptors (Lipinski definition) is 3. The summed E-state index contributed by atoms with van der Waals surface area (Å²) >= 11 is 1.69. The Bertz CT molecular complexity index is 382. The Morgan fingerprint density at radius 1 is 1.65 bits per heavy atom. The predicted molar refractivity (Wildman–Crippen MR) is 72.3 cm³/mol. The molecule has 1 fully saturated rings. The summed E-state index contributed by atoms with van der Waals surface area (Å²) in [4.78, 5) is 8.86. The maximum Gasteiger partial charge on any atom is 0.189 e. The highest BCUT2D eigenvalue weighted by molar-refractivity contribution is 7.09. The van der Waals surface area contributed by atoms with Gasteiger partial charge in [-0.05, 0) is 19.3 Å². The third-order valence-corrected chi connectivity index (χ3v) is 3.64. The zero-order valence-corrected chi connectivity index (χ0v) is 11.1. The Kier molecular flexibility index (Phi) is 4.36. The van der Waals surface area contributed by atoms with Crippen molar-refractivity contribution < 1.29 is 0 Å². The van der Waals surface area contributed by atoms with Crippen molar-refractivity contribution in [2.24, 2.45) is 10.7 Å². The summed E-state index contributed by atoms with van der Waals surface area (Å²) in [5, 5.41) is 6.32. The number of aromatic nitrogens is 1. The fourth-order valence-electron chi connectivity index (χ4n) is 1.57. The number of nitrogens with one attached hydrogen (secondary N) is 1. The molecule has 5 heteroatoms. The van der Waals surface area contributed by atoms with Crippen LogP contribution < -0.4 is 11.1 Å². The molecule has 0 unspecified atom stereocenters. The van der Waals surface area contributed by atoms with Gasteiger partial charge in [0.15, 0.2) is 5.96 Å². The molecule has 0 amide bonds. The molecule has 1 aliphatic rings. The van der Waals surface area contributed by atoms with E-state index in [0.29, 0.717) is 12.5 Å². The van der Waals surface area contributed by atoms with Gasteiger partial charge < -0.3 is 11.1 Å². The second-order valence-corrected chi connectivity index (χ2v) is 5.36. The predicted octanol–water partition coefficient (Wildman–Crippen LogP) is 2.22. The van der Waals surface area contributed by atoms with Crippen molar-refractivity contribution in [1.29, 1.82) is 0 Å². The summed E-state index contributed by atoms with van der Waals surface area (Å²) in [6, 6.07) is 0. The molecule has 1 aromatic heterocycles. The molecule has 1 saturated carbocycles. The first kappa shape index (κ1) is 12.4. The van der Waals surface area contributed by atoms with Gasteiger partial charge in [-0.2, -0.15) is 0 Å². The van der Waals surface area contributed by atoms with Crippen LogP contribution in [0.4, 0.5) is 0 Å². The van der Waals surface area contributed by atoms with Gasteiger partial charge in [0.05, 0.1) is 12.2 Å². The lowest BCUT2D eigenvalue weighted by Crippen LogP contribution is -2.32. The molecule has 0 spiro atoms. The fraction of sp³-hybridized carbons (Fsp3) is 0.667. The van der Waals surface area contributed by atoms with Crippen molar-refractivity contribution in [3.63, 3.8) is 0 Å². The molecule has 0 saturated heterocycles. The minimum Gasteiger partial charge on any atom is -0.370 e. The van der Waals surface area contributed by atoms with Crippen LogP contribution in [0, 0.1) is 0 Å². The SMILES string of the molecule is CCCCNC(N)=NCc1nc(C2CC2)cs1. The molecule has 1 aromatic rings. The van der Waals surface area contributed by atoms with Crippen LogP contribution in [0.15, 0.2) is 10.4 Å². The van der Waals surface area contributed by atoms with Crippen LogP contribution in [-0.4, -0.2) is 17.5 Å². The highest BCUT2D eigenvalue weighted by atomic mass is 32.1. The number of nitrogens with zero attached hydrogens (tertiary/aromatic N) is 2. The Balaban J connectivity index is 1.76. The lowest BCUT2D eigenvalue weighted by Gasteiger charge is -2.03. The van der Waals surface area contributed by atoms with E-state index in [2.05, 4.69) is 27.6 Å². The van der Waals surface area contributed by atoms with Crippen molar-refractivity contribution in [2.75, 3.05) is 6.54 Å². The van der Waals surface area contributed by atoms with Crippen molar-refractivity contribution >= 4 is 17.3 Å².